The highest BCUT2D eigenvalue weighted by Gasteiger charge is 2.47. The fraction of sp³-hybridized carbons (Fsp3) is 0.300. The summed E-state index contributed by atoms with van der Waals surface area (Å²) < 4.78 is 7.38. The van der Waals surface area contributed by atoms with Gasteiger partial charge >= 0.3 is 0 Å². The van der Waals surface area contributed by atoms with Gasteiger partial charge in [0.25, 0.3) is 5.91 Å². The van der Waals surface area contributed by atoms with Gasteiger partial charge in [-0.15, -0.1) is 0 Å². The molecule has 5 aromatic rings. The van der Waals surface area contributed by atoms with E-state index in [9.17, 15) is 15.0 Å². The predicted molar refractivity (Wildman–Crippen MR) is 159 cm³/mol. The van der Waals surface area contributed by atoms with Gasteiger partial charge in [0.2, 0.25) is 5.95 Å². The minimum absolute atomic E-state index is 0.0175. The second-order valence-corrected chi connectivity index (χ2v) is 10.2. The zero-order valence-corrected chi connectivity index (χ0v) is 23.5. The third-order valence-corrected chi connectivity index (χ3v) is 7.41. The smallest absolute Gasteiger partial charge is 0.252 e. The fourth-order valence-corrected chi connectivity index (χ4v) is 5.24. The maximum Gasteiger partial charge on any atom is 0.252 e. The van der Waals surface area contributed by atoms with Gasteiger partial charge < -0.3 is 35.9 Å². The number of aliphatic hydroxyl groups excluding tert-OH is 2. The first kappa shape index (κ1) is 28.3. The molecule has 2 aromatic carbocycles. The highest BCUT2D eigenvalue weighted by molar-refractivity contribution is 5.85. The van der Waals surface area contributed by atoms with E-state index >= 15 is 0 Å². The largest absolute Gasteiger partial charge is 0.387 e. The van der Waals surface area contributed by atoms with E-state index in [0.29, 0.717) is 42.6 Å². The van der Waals surface area contributed by atoms with Crippen LogP contribution in [0, 0.1) is 0 Å². The van der Waals surface area contributed by atoms with Crippen molar-refractivity contribution in [3.05, 3.63) is 96.3 Å². The van der Waals surface area contributed by atoms with E-state index in [1.165, 1.54) is 10.9 Å². The van der Waals surface area contributed by atoms with Gasteiger partial charge in [-0.1, -0.05) is 60.7 Å². The van der Waals surface area contributed by atoms with E-state index in [1.54, 1.807) is 19.4 Å². The van der Waals surface area contributed by atoms with Crippen LogP contribution in [0.4, 0.5) is 11.8 Å². The third-order valence-electron chi connectivity index (χ3n) is 7.41. The van der Waals surface area contributed by atoms with Crippen LogP contribution in [0.5, 0.6) is 0 Å². The minimum Gasteiger partial charge on any atom is -0.387 e. The Hall–Kier alpha value is -4.85. The Labute approximate surface area is 247 Å². The van der Waals surface area contributed by atoms with Gasteiger partial charge in [-0.3, -0.25) is 9.36 Å². The van der Waals surface area contributed by atoms with E-state index in [0.717, 1.165) is 16.8 Å². The highest BCUT2D eigenvalue weighted by Crippen LogP contribution is 2.34. The second kappa shape index (κ2) is 12.6. The lowest BCUT2D eigenvalue weighted by Gasteiger charge is -2.20. The van der Waals surface area contributed by atoms with Crippen LogP contribution in [0.1, 0.15) is 35.9 Å². The molecule has 1 aliphatic rings. The number of imidazole rings is 2. The molecule has 13 heteroatoms. The van der Waals surface area contributed by atoms with Crippen molar-refractivity contribution in [1.82, 2.24) is 34.8 Å². The van der Waals surface area contributed by atoms with Gasteiger partial charge in [0.05, 0.1) is 24.9 Å². The van der Waals surface area contributed by atoms with Crippen LogP contribution in [-0.4, -0.2) is 77.0 Å². The van der Waals surface area contributed by atoms with E-state index in [1.807, 2.05) is 36.4 Å². The molecule has 1 saturated heterocycles. The number of carbonyl (C=O) groups excluding carboxylic acids is 1. The Morgan fingerprint density at radius 3 is 2.40 bits per heavy atom. The van der Waals surface area contributed by atoms with Crippen molar-refractivity contribution in [2.24, 2.45) is 0 Å². The quantitative estimate of drug-likeness (QED) is 0.135. The van der Waals surface area contributed by atoms with E-state index < -0.39 is 30.4 Å². The number of amides is 1. The maximum absolute atomic E-state index is 12.5. The Balaban J connectivity index is 1.35. The molecule has 43 heavy (non-hydrogen) atoms. The third kappa shape index (κ3) is 5.91. The Bertz CT molecular complexity index is 1610. The average Bonchev–Trinajstić information content (AvgIpc) is 3.77. The number of nitrogens with zero attached hydrogens (tertiary/aromatic N) is 5. The molecule has 1 fully saturated rings. The summed E-state index contributed by atoms with van der Waals surface area (Å²) in [5.74, 6) is 0.285. The molecule has 222 valence electrons. The summed E-state index contributed by atoms with van der Waals surface area (Å²) in [6, 6.07) is 20.4. The molecular weight excluding hydrogens is 550 g/mol. The standard InChI is InChI=1S/C30H33N9O4/c1-2-32-28(42)25-23(40)24(41)29(43-25)39-17-36-22-26(37-30(38-27(22)39)34-14-20-13-31-16-35-20)33-15-21(18-9-5-3-6-10-18)19-11-7-4-8-12-19/h3-13,16-17,21,23-25,29,40-41H,2,14-15H2,1H3,(H,31,35)(H,32,42)(H2,33,34,37,38)/t23-,24+,25-,29+/m0/s1. The molecule has 4 heterocycles. The number of H-pyrrole nitrogens is 1. The van der Waals surface area contributed by atoms with Gasteiger partial charge in [0.15, 0.2) is 29.3 Å². The van der Waals surface area contributed by atoms with Crippen LogP contribution in [0.15, 0.2) is 79.5 Å². The molecule has 6 rings (SSSR count). The van der Waals surface area contributed by atoms with E-state index in [-0.39, 0.29) is 5.92 Å². The number of aromatic nitrogens is 6. The summed E-state index contributed by atoms with van der Waals surface area (Å²) in [4.78, 5) is 33.6. The zero-order valence-electron chi connectivity index (χ0n) is 23.5. The zero-order chi connectivity index (χ0) is 29.8. The van der Waals surface area contributed by atoms with Crippen molar-refractivity contribution >= 4 is 28.8 Å². The Morgan fingerprint density at radius 1 is 1.02 bits per heavy atom. The van der Waals surface area contributed by atoms with Crippen LogP contribution < -0.4 is 16.0 Å². The topological polar surface area (TPSA) is 175 Å². The first-order chi connectivity index (χ1) is 21.0. The number of anilines is 2. The number of carbonyl (C=O) groups is 1. The first-order valence-corrected chi connectivity index (χ1v) is 14.1. The number of nitrogens with one attached hydrogen (secondary N) is 4. The number of hydrogen-bond donors (Lipinski definition) is 6. The number of likely N-dealkylation sites (N-methyl/N-ethyl adjacent to an activating group) is 1. The molecule has 13 nitrogen and oxygen atoms in total. The molecule has 0 aliphatic carbocycles. The van der Waals surface area contributed by atoms with Gasteiger partial charge in [-0.2, -0.15) is 9.97 Å². The molecule has 0 saturated carbocycles. The van der Waals surface area contributed by atoms with Crippen LogP contribution >= 0.6 is 0 Å². The molecule has 6 N–H and O–H groups in total. The van der Waals surface area contributed by atoms with Crippen LogP contribution in [-0.2, 0) is 16.1 Å². The van der Waals surface area contributed by atoms with Gasteiger partial charge in [0.1, 0.15) is 12.2 Å². The first-order valence-electron chi connectivity index (χ1n) is 14.1. The molecule has 0 spiro atoms. The number of aliphatic hydroxyl groups is 2. The summed E-state index contributed by atoms with van der Waals surface area (Å²) in [6.07, 6.45) is -0.404. The van der Waals surface area contributed by atoms with Gasteiger partial charge in [-0.25, -0.2) is 9.97 Å². The molecule has 3 aromatic heterocycles. The summed E-state index contributed by atoms with van der Waals surface area (Å²) >= 11 is 0. The summed E-state index contributed by atoms with van der Waals surface area (Å²) in [7, 11) is 0. The van der Waals surface area contributed by atoms with Crippen molar-refractivity contribution in [2.75, 3.05) is 23.7 Å². The average molecular weight is 584 g/mol. The molecule has 0 bridgehead atoms. The molecule has 0 radical (unpaired) electrons. The Morgan fingerprint density at radius 2 is 1.74 bits per heavy atom. The number of benzene rings is 2. The van der Waals surface area contributed by atoms with Crippen molar-refractivity contribution in [3.63, 3.8) is 0 Å². The Kier molecular flexibility index (Phi) is 8.27. The molecule has 4 atom stereocenters. The van der Waals surface area contributed by atoms with Gasteiger partial charge in [0, 0.05) is 25.2 Å². The van der Waals surface area contributed by atoms with Crippen LogP contribution in [0.3, 0.4) is 0 Å². The molecule has 1 amide bonds. The highest BCUT2D eigenvalue weighted by atomic mass is 16.6. The lowest BCUT2D eigenvalue weighted by molar-refractivity contribution is -0.137. The number of fused-ring (bicyclic) bond motifs is 1. The molecule has 0 unspecified atom stereocenters. The van der Waals surface area contributed by atoms with Gasteiger partial charge in [-0.05, 0) is 18.1 Å². The maximum atomic E-state index is 12.5. The normalized spacial score (nSPS) is 20.0. The minimum atomic E-state index is -1.43. The number of aromatic amines is 1. The van der Waals surface area contributed by atoms with Crippen molar-refractivity contribution in [3.8, 4) is 0 Å². The number of hydrogen-bond acceptors (Lipinski definition) is 10. The summed E-state index contributed by atoms with van der Waals surface area (Å²) in [6.45, 7) is 3.02. The van der Waals surface area contributed by atoms with Crippen LogP contribution in [0.2, 0.25) is 0 Å². The summed E-state index contributed by atoms with van der Waals surface area (Å²) in [5.41, 5.74) is 3.92. The fourth-order valence-electron chi connectivity index (χ4n) is 5.24. The van der Waals surface area contributed by atoms with Crippen molar-refractivity contribution in [2.45, 2.75) is 43.9 Å². The molecule has 1 aliphatic heterocycles. The number of ether oxygens (including phenoxy) is 1. The predicted octanol–water partition coefficient (Wildman–Crippen LogP) is 2.16. The summed E-state index contributed by atoms with van der Waals surface area (Å²) in [5, 5.41) is 30.8. The lowest BCUT2D eigenvalue weighted by atomic mass is 9.91. The lowest BCUT2D eigenvalue weighted by Crippen LogP contribution is -2.42. The molecular formula is C30H33N9O4. The van der Waals surface area contributed by atoms with Crippen molar-refractivity contribution < 1.29 is 19.7 Å². The second-order valence-electron chi connectivity index (χ2n) is 10.2. The van der Waals surface area contributed by atoms with Crippen LogP contribution in [0.25, 0.3) is 11.2 Å². The number of rotatable bonds is 11. The SMILES string of the molecule is CCNC(=O)[C@H]1O[C@@H](n2cnc3c(NCC(c4ccccc4)c4ccccc4)nc(NCc4cnc[nH]4)nc32)[C@H](O)[C@@H]1O. The van der Waals surface area contributed by atoms with E-state index in [2.05, 4.69) is 60.2 Å². The van der Waals surface area contributed by atoms with Crippen molar-refractivity contribution in [1.29, 1.82) is 0 Å². The monoisotopic (exact) mass is 583 g/mol. The van der Waals surface area contributed by atoms with E-state index in [4.69, 9.17) is 9.72 Å².